The molecule has 9 heteroatoms. The highest BCUT2D eigenvalue weighted by Crippen LogP contribution is 2.35. The molecule has 30 heavy (non-hydrogen) atoms. The lowest BCUT2D eigenvalue weighted by molar-refractivity contribution is -0.137. The van der Waals surface area contributed by atoms with Gasteiger partial charge in [0.1, 0.15) is 12.6 Å². The average molecular weight is 417 g/mol. The number of amides is 3. The maximum atomic E-state index is 13.2. The van der Waals surface area contributed by atoms with E-state index in [1.54, 1.807) is 24.3 Å². The Balaban J connectivity index is 1.64. The van der Waals surface area contributed by atoms with Gasteiger partial charge < -0.3 is 15.1 Å². The van der Waals surface area contributed by atoms with Crippen molar-refractivity contribution in [1.29, 1.82) is 0 Å². The first-order valence-electron chi connectivity index (χ1n) is 9.45. The van der Waals surface area contributed by atoms with Crippen molar-refractivity contribution in [1.82, 2.24) is 4.90 Å². The highest BCUT2D eigenvalue weighted by atomic mass is 19.4. The standard InChI is InChI=1S/C21H18F3N3O3/c22-21(23,24)14-7-2-3-8-15(14)25-18(28)12-27-16-9-4-1-6-13(16)19(29)26-11-5-10-17(26)20(27)30/h1-4,6-9,17H,5,10-12H2,(H,25,28)/t17-/m1/s1. The van der Waals surface area contributed by atoms with Crippen molar-refractivity contribution in [3.63, 3.8) is 0 Å². The van der Waals surface area contributed by atoms with Gasteiger partial charge in [-0.05, 0) is 37.1 Å². The molecule has 0 spiro atoms. The van der Waals surface area contributed by atoms with E-state index in [4.69, 9.17) is 0 Å². The van der Waals surface area contributed by atoms with E-state index in [0.717, 1.165) is 12.1 Å². The number of carbonyl (C=O) groups excluding carboxylic acids is 3. The highest BCUT2D eigenvalue weighted by molar-refractivity contribution is 6.13. The van der Waals surface area contributed by atoms with E-state index >= 15 is 0 Å². The van der Waals surface area contributed by atoms with Gasteiger partial charge in [0.25, 0.3) is 5.91 Å². The summed E-state index contributed by atoms with van der Waals surface area (Å²) in [6.45, 7) is -0.0533. The van der Waals surface area contributed by atoms with Crippen molar-refractivity contribution in [2.75, 3.05) is 23.3 Å². The fourth-order valence-electron chi connectivity index (χ4n) is 3.95. The van der Waals surface area contributed by atoms with E-state index in [-0.39, 0.29) is 17.3 Å². The molecule has 2 aromatic rings. The Morgan fingerprint density at radius 1 is 1.07 bits per heavy atom. The normalized spacial score (nSPS) is 18.7. The Bertz CT molecular complexity index is 1020. The number of hydrogen-bond donors (Lipinski definition) is 1. The van der Waals surface area contributed by atoms with Crippen LogP contribution in [0.2, 0.25) is 0 Å². The molecule has 1 atom stereocenters. The number of para-hydroxylation sites is 2. The highest BCUT2D eigenvalue weighted by Gasteiger charge is 2.42. The maximum Gasteiger partial charge on any atom is 0.418 e. The molecule has 4 rings (SSSR count). The summed E-state index contributed by atoms with van der Waals surface area (Å²) < 4.78 is 39.6. The summed E-state index contributed by atoms with van der Waals surface area (Å²) in [4.78, 5) is 41.3. The van der Waals surface area contributed by atoms with E-state index in [2.05, 4.69) is 5.32 Å². The van der Waals surface area contributed by atoms with E-state index < -0.39 is 36.1 Å². The van der Waals surface area contributed by atoms with Crippen molar-refractivity contribution in [3.8, 4) is 0 Å². The first-order valence-corrected chi connectivity index (χ1v) is 9.45. The summed E-state index contributed by atoms with van der Waals surface area (Å²) in [6.07, 6.45) is -3.48. The second kappa shape index (κ2) is 7.47. The number of halogens is 3. The van der Waals surface area contributed by atoms with E-state index in [1.807, 2.05) is 0 Å². The average Bonchev–Trinajstić information content (AvgIpc) is 3.18. The third-order valence-corrected chi connectivity index (χ3v) is 5.30. The lowest BCUT2D eigenvalue weighted by Gasteiger charge is -2.25. The van der Waals surface area contributed by atoms with Crippen LogP contribution in [0, 0.1) is 0 Å². The predicted octanol–water partition coefficient (Wildman–Crippen LogP) is 3.30. The van der Waals surface area contributed by atoms with Crippen LogP contribution in [0.25, 0.3) is 0 Å². The second-order valence-electron chi connectivity index (χ2n) is 7.19. The second-order valence-corrected chi connectivity index (χ2v) is 7.19. The number of benzene rings is 2. The van der Waals surface area contributed by atoms with Gasteiger partial charge in [0.2, 0.25) is 11.8 Å². The summed E-state index contributed by atoms with van der Waals surface area (Å²) in [6, 6.07) is 10.4. The number of fused-ring (bicyclic) bond motifs is 2. The molecule has 1 saturated heterocycles. The zero-order chi connectivity index (χ0) is 21.5. The molecular weight excluding hydrogens is 399 g/mol. The van der Waals surface area contributed by atoms with Crippen LogP contribution < -0.4 is 10.2 Å². The lowest BCUT2D eigenvalue weighted by Crippen LogP contribution is -2.47. The van der Waals surface area contributed by atoms with Crippen LogP contribution in [0.15, 0.2) is 48.5 Å². The lowest BCUT2D eigenvalue weighted by atomic mass is 10.1. The Morgan fingerprint density at radius 2 is 1.77 bits per heavy atom. The van der Waals surface area contributed by atoms with Gasteiger partial charge in [-0.15, -0.1) is 0 Å². The van der Waals surface area contributed by atoms with Gasteiger partial charge in [-0.3, -0.25) is 14.4 Å². The fourth-order valence-corrected chi connectivity index (χ4v) is 3.95. The molecule has 1 fully saturated rings. The minimum atomic E-state index is -4.63. The van der Waals surface area contributed by atoms with Crippen LogP contribution in [-0.4, -0.2) is 41.8 Å². The molecule has 0 aliphatic carbocycles. The number of nitrogens with one attached hydrogen (secondary N) is 1. The Kier molecular flexibility index (Phi) is 4.97. The Labute approximate surface area is 170 Å². The molecule has 0 aromatic heterocycles. The van der Waals surface area contributed by atoms with Crippen molar-refractivity contribution in [2.45, 2.75) is 25.1 Å². The number of alkyl halides is 3. The fraction of sp³-hybridized carbons (Fsp3) is 0.286. The molecule has 2 aliphatic heterocycles. The quantitative estimate of drug-likeness (QED) is 0.833. The predicted molar refractivity (Wildman–Crippen MR) is 103 cm³/mol. The molecule has 0 saturated carbocycles. The van der Waals surface area contributed by atoms with Gasteiger partial charge in [-0.2, -0.15) is 13.2 Å². The Hall–Kier alpha value is -3.36. The van der Waals surface area contributed by atoms with Crippen LogP contribution in [0.4, 0.5) is 24.5 Å². The maximum absolute atomic E-state index is 13.2. The van der Waals surface area contributed by atoms with Crippen LogP contribution in [0.1, 0.15) is 28.8 Å². The van der Waals surface area contributed by atoms with Crippen LogP contribution in [0.5, 0.6) is 0 Å². The molecule has 2 aromatic carbocycles. The molecule has 0 unspecified atom stereocenters. The molecular formula is C21H18F3N3O3. The number of carbonyl (C=O) groups is 3. The molecule has 6 nitrogen and oxygen atoms in total. The van der Waals surface area contributed by atoms with E-state index in [1.165, 1.54) is 21.9 Å². The zero-order valence-corrected chi connectivity index (χ0v) is 15.8. The van der Waals surface area contributed by atoms with E-state index in [0.29, 0.717) is 24.9 Å². The third kappa shape index (κ3) is 3.51. The Morgan fingerprint density at radius 3 is 2.53 bits per heavy atom. The molecule has 0 radical (unpaired) electrons. The van der Waals surface area contributed by atoms with Gasteiger partial charge in [0, 0.05) is 6.54 Å². The zero-order valence-electron chi connectivity index (χ0n) is 15.8. The summed E-state index contributed by atoms with van der Waals surface area (Å²) in [5, 5.41) is 2.26. The summed E-state index contributed by atoms with van der Waals surface area (Å²) in [7, 11) is 0. The number of nitrogens with zero attached hydrogens (tertiary/aromatic N) is 2. The van der Waals surface area contributed by atoms with Crippen LogP contribution in [0.3, 0.4) is 0 Å². The van der Waals surface area contributed by atoms with Crippen LogP contribution >= 0.6 is 0 Å². The summed E-state index contributed by atoms with van der Waals surface area (Å²) in [5.41, 5.74) is -0.790. The van der Waals surface area contributed by atoms with Crippen molar-refractivity contribution in [2.24, 2.45) is 0 Å². The molecule has 2 heterocycles. The smallest absolute Gasteiger partial charge is 0.327 e. The van der Waals surface area contributed by atoms with E-state index in [9.17, 15) is 27.6 Å². The number of rotatable bonds is 3. The minimum Gasteiger partial charge on any atom is -0.327 e. The molecule has 1 N–H and O–H groups in total. The third-order valence-electron chi connectivity index (χ3n) is 5.30. The van der Waals surface area contributed by atoms with Crippen LogP contribution in [-0.2, 0) is 15.8 Å². The topological polar surface area (TPSA) is 69.7 Å². The van der Waals surface area contributed by atoms with Crippen molar-refractivity contribution >= 4 is 29.1 Å². The first-order chi connectivity index (χ1) is 14.3. The molecule has 3 amide bonds. The van der Waals surface area contributed by atoms with Gasteiger partial charge in [0.05, 0.1) is 22.5 Å². The van der Waals surface area contributed by atoms with Crippen molar-refractivity contribution in [3.05, 3.63) is 59.7 Å². The monoisotopic (exact) mass is 417 g/mol. The minimum absolute atomic E-state index is 0.279. The largest absolute Gasteiger partial charge is 0.418 e. The van der Waals surface area contributed by atoms with Gasteiger partial charge in [-0.25, -0.2) is 0 Å². The van der Waals surface area contributed by atoms with Gasteiger partial charge in [0.15, 0.2) is 0 Å². The summed E-state index contributed by atoms with van der Waals surface area (Å²) in [5.74, 6) is -1.48. The first kappa shape index (κ1) is 19.9. The molecule has 156 valence electrons. The van der Waals surface area contributed by atoms with Gasteiger partial charge in [-0.1, -0.05) is 24.3 Å². The van der Waals surface area contributed by atoms with Crippen molar-refractivity contribution < 1.29 is 27.6 Å². The SMILES string of the molecule is O=C(CN1C(=O)[C@H]2CCCN2C(=O)c2ccccc21)Nc1ccccc1C(F)(F)F. The molecule has 0 bridgehead atoms. The number of hydrogen-bond acceptors (Lipinski definition) is 3. The van der Waals surface area contributed by atoms with Gasteiger partial charge >= 0.3 is 6.18 Å². The molecule has 2 aliphatic rings. The number of anilines is 2. The summed E-state index contributed by atoms with van der Waals surface area (Å²) >= 11 is 0.